The van der Waals surface area contributed by atoms with Crippen LogP contribution in [0.3, 0.4) is 0 Å². The molecule has 0 N–H and O–H groups in total. The number of hydrogen-bond acceptors (Lipinski definition) is 5. The molecule has 0 fully saturated rings. The highest BCUT2D eigenvalue weighted by Crippen LogP contribution is 2.25. The van der Waals surface area contributed by atoms with Crippen molar-refractivity contribution in [3.8, 4) is 11.5 Å². The number of hydrogen-bond donors (Lipinski definition) is 0. The van der Waals surface area contributed by atoms with Crippen LogP contribution < -0.4 is 9.47 Å². The van der Waals surface area contributed by atoms with Gasteiger partial charge in [0.15, 0.2) is 6.61 Å². The Morgan fingerprint density at radius 3 is 2.46 bits per heavy atom. The zero-order valence-corrected chi connectivity index (χ0v) is 15.4. The summed E-state index contributed by atoms with van der Waals surface area (Å²) in [6, 6.07) is 10.8. The van der Waals surface area contributed by atoms with Crippen molar-refractivity contribution >= 4 is 17.8 Å². The molecule has 0 atom stereocenters. The summed E-state index contributed by atoms with van der Waals surface area (Å²) >= 11 is 0. The highest BCUT2D eigenvalue weighted by molar-refractivity contribution is 6.00. The summed E-state index contributed by atoms with van der Waals surface area (Å²) in [5.41, 5.74) is 3.11. The number of ether oxygens (including phenoxy) is 3. The Morgan fingerprint density at radius 2 is 1.77 bits per heavy atom. The minimum absolute atomic E-state index is 0.227. The molecule has 0 aliphatic carbocycles. The molecule has 0 spiro atoms. The monoisotopic (exact) mass is 354 g/mol. The Kier molecular flexibility index (Phi) is 6.55. The Hall–Kier alpha value is -3.08. The van der Waals surface area contributed by atoms with E-state index in [1.165, 1.54) is 13.2 Å². The molecule has 0 saturated carbocycles. The van der Waals surface area contributed by atoms with E-state index in [0.29, 0.717) is 22.6 Å². The van der Waals surface area contributed by atoms with Crippen molar-refractivity contribution in [1.29, 1.82) is 0 Å². The molecule has 5 heteroatoms. The number of Topliss-reactive ketones (excluding diaryl/α,β-unsaturated/α-hetero) is 1. The van der Waals surface area contributed by atoms with Crippen LogP contribution in [0.5, 0.6) is 11.5 Å². The van der Waals surface area contributed by atoms with E-state index in [9.17, 15) is 9.59 Å². The molecule has 5 nitrogen and oxygen atoms in total. The third kappa shape index (κ3) is 4.96. The lowest BCUT2D eigenvalue weighted by atomic mass is 10.0. The van der Waals surface area contributed by atoms with Crippen LogP contribution in [0.25, 0.3) is 6.08 Å². The van der Waals surface area contributed by atoms with Gasteiger partial charge in [0, 0.05) is 23.3 Å². The largest absolute Gasteiger partial charge is 0.497 e. The van der Waals surface area contributed by atoms with E-state index >= 15 is 0 Å². The smallest absolute Gasteiger partial charge is 0.331 e. The second-order valence-electron chi connectivity index (χ2n) is 5.79. The molecule has 2 aromatic carbocycles. The van der Waals surface area contributed by atoms with E-state index in [1.807, 2.05) is 26.0 Å². The topological polar surface area (TPSA) is 61.8 Å². The molecule has 0 bridgehead atoms. The molecular formula is C21H22O5. The van der Waals surface area contributed by atoms with Crippen LogP contribution in [0.1, 0.15) is 27.0 Å². The second kappa shape index (κ2) is 8.85. The highest BCUT2D eigenvalue weighted by Gasteiger charge is 2.11. The Labute approximate surface area is 153 Å². The molecule has 2 rings (SSSR count). The quantitative estimate of drug-likeness (QED) is 0.430. The zero-order chi connectivity index (χ0) is 19.1. The number of methoxy groups -OCH3 is 2. The Morgan fingerprint density at radius 1 is 1.00 bits per heavy atom. The van der Waals surface area contributed by atoms with Gasteiger partial charge in [-0.15, -0.1) is 0 Å². The SMILES string of the molecule is COc1ccc(C=CC(=O)OCC(=O)c2cc(C)ccc2C)c(OC)c1. The fourth-order valence-electron chi connectivity index (χ4n) is 2.41. The van der Waals surface area contributed by atoms with Gasteiger partial charge < -0.3 is 14.2 Å². The number of rotatable bonds is 7. The van der Waals surface area contributed by atoms with Gasteiger partial charge in [-0.05, 0) is 43.7 Å². The number of carbonyl (C=O) groups excluding carboxylic acids is 2. The maximum Gasteiger partial charge on any atom is 0.331 e. The molecule has 0 aliphatic rings. The van der Waals surface area contributed by atoms with Crippen molar-refractivity contribution in [1.82, 2.24) is 0 Å². The zero-order valence-electron chi connectivity index (χ0n) is 15.4. The average molecular weight is 354 g/mol. The van der Waals surface area contributed by atoms with Crippen LogP contribution in [0, 0.1) is 13.8 Å². The van der Waals surface area contributed by atoms with Crippen LogP contribution in [0.2, 0.25) is 0 Å². The number of ketones is 1. The molecule has 0 amide bonds. The lowest BCUT2D eigenvalue weighted by Crippen LogP contribution is -2.13. The first-order valence-corrected chi connectivity index (χ1v) is 8.12. The molecule has 0 aromatic heterocycles. The van der Waals surface area contributed by atoms with Crippen LogP contribution in [-0.2, 0) is 9.53 Å². The molecule has 0 radical (unpaired) electrons. The van der Waals surface area contributed by atoms with Crippen LogP contribution >= 0.6 is 0 Å². The molecule has 136 valence electrons. The molecule has 0 aliphatic heterocycles. The summed E-state index contributed by atoms with van der Waals surface area (Å²) in [7, 11) is 3.10. The summed E-state index contributed by atoms with van der Waals surface area (Å²) in [4.78, 5) is 24.1. The lowest BCUT2D eigenvalue weighted by Gasteiger charge is -2.08. The normalized spacial score (nSPS) is 10.6. The average Bonchev–Trinajstić information content (AvgIpc) is 2.66. The predicted molar refractivity (Wildman–Crippen MR) is 99.8 cm³/mol. The fourth-order valence-corrected chi connectivity index (χ4v) is 2.41. The third-order valence-corrected chi connectivity index (χ3v) is 3.88. The standard InChI is InChI=1S/C21H22O5/c1-14-5-6-15(2)18(11-14)19(22)13-26-21(23)10-8-16-7-9-17(24-3)12-20(16)25-4/h5-12H,13H2,1-4H3. The van der Waals surface area contributed by atoms with Gasteiger partial charge in [0.2, 0.25) is 5.78 Å². The van der Waals surface area contributed by atoms with E-state index in [2.05, 4.69) is 0 Å². The Bertz CT molecular complexity index is 836. The Balaban J connectivity index is 1.99. The van der Waals surface area contributed by atoms with Crippen LogP contribution in [0.4, 0.5) is 0 Å². The van der Waals surface area contributed by atoms with Crippen molar-refractivity contribution < 1.29 is 23.8 Å². The van der Waals surface area contributed by atoms with E-state index in [4.69, 9.17) is 14.2 Å². The minimum atomic E-state index is -0.596. The number of esters is 1. The molecule has 2 aromatic rings. The van der Waals surface area contributed by atoms with Gasteiger partial charge in [-0.2, -0.15) is 0 Å². The molecule has 26 heavy (non-hydrogen) atoms. The third-order valence-electron chi connectivity index (χ3n) is 3.88. The minimum Gasteiger partial charge on any atom is -0.497 e. The summed E-state index contributed by atoms with van der Waals surface area (Å²) in [5, 5.41) is 0. The summed E-state index contributed by atoms with van der Waals surface area (Å²) in [5.74, 6) is 0.400. The molecule has 0 saturated heterocycles. The van der Waals surface area contributed by atoms with Crippen molar-refractivity contribution in [2.45, 2.75) is 13.8 Å². The van der Waals surface area contributed by atoms with Crippen LogP contribution in [0.15, 0.2) is 42.5 Å². The number of carbonyl (C=O) groups is 2. The summed E-state index contributed by atoms with van der Waals surface area (Å²) in [6.07, 6.45) is 2.84. The number of aryl methyl sites for hydroxylation is 2. The first-order chi connectivity index (χ1) is 12.4. The lowest BCUT2D eigenvalue weighted by molar-refractivity contribution is -0.136. The van der Waals surface area contributed by atoms with Gasteiger partial charge in [-0.25, -0.2) is 4.79 Å². The first-order valence-electron chi connectivity index (χ1n) is 8.12. The van der Waals surface area contributed by atoms with Crippen molar-refractivity contribution in [2.24, 2.45) is 0 Å². The van der Waals surface area contributed by atoms with Gasteiger partial charge >= 0.3 is 5.97 Å². The van der Waals surface area contributed by atoms with E-state index in [-0.39, 0.29) is 12.4 Å². The maximum absolute atomic E-state index is 12.2. The first kappa shape index (κ1) is 19.2. The van der Waals surface area contributed by atoms with Crippen molar-refractivity contribution in [2.75, 3.05) is 20.8 Å². The van der Waals surface area contributed by atoms with Gasteiger partial charge in [0.1, 0.15) is 11.5 Å². The van der Waals surface area contributed by atoms with E-state index in [1.54, 1.807) is 37.5 Å². The summed E-state index contributed by atoms with van der Waals surface area (Å²) < 4.78 is 15.4. The molecular weight excluding hydrogens is 332 g/mol. The fraction of sp³-hybridized carbons (Fsp3) is 0.238. The van der Waals surface area contributed by atoms with E-state index in [0.717, 1.165) is 11.1 Å². The highest BCUT2D eigenvalue weighted by atomic mass is 16.5. The predicted octanol–water partition coefficient (Wildman–Crippen LogP) is 3.76. The number of benzene rings is 2. The van der Waals surface area contributed by atoms with Gasteiger partial charge in [0.05, 0.1) is 14.2 Å². The second-order valence-corrected chi connectivity index (χ2v) is 5.79. The maximum atomic E-state index is 12.2. The van der Waals surface area contributed by atoms with Crippen molar-refractivity contribution in [3.05, 3.63) is 64.7 Å². The summed E-state index contributed by atoms with van der Waals surface area (Å²) in [6.45, 7) is 3.46. The van der Waals surface area contributed by atoms with Gasteiger partial charge in [-0.1, -0.05) is 17.7 Å². The van der Waals surface area contributed by atoms with E-state index < -0.39 is 5.97 Å². The van der Waals surface area contributed by atoms with Crippen molar-refractivity contribution in [3.63, 3.8) is 0 Å². The molecule has 0 heterocycles. The van der Waals surface area contributed by atoms with Gasteiger partial charge in [-0.3, -0.25) is 4.79 Å². The molecule has 0 unspecified atom stereocenters. The van der Waals surface area contributed by atoms with Gasteiger partial charge in [0.25, 0.3) is 0 Å². The van der Waals surface area contributed by atoms with Crippen LogP contribution in [-0.4, -0.2) is 32.6 Å².